The van der Waals surface area contributed by atoms with Crippen LogP contribution in [0.15, 0.2) is 35.5 Å². The van der Waals surface area contributed by atoms with E-state index in [1.54, 1.807) is 6.92 Å². The van der Waals surface area contributed by atoms with E-state index in [0.717, 1.165) is 30.6 Å². The summed E-state index contributed by atoms with van der Waals surface area (Å²) >= 11 is 0. The zero-order chi connectivity index (χ0) is 18.9. The maximum Gasteiger partial charge on any atom is 0.338 e. The van der Waals surface area contributed by atoms with Gasteiger partial charge in [-0.2, -0.15) is 0 Å². The Balaban J connectivity index is 2.29. The second kappa shape index (κ2) is 9.85. The number of benzene rings is 1. The lowest BCUT2D eigenvalue weighted by Crippen LogP contribution is -2.46. The summed E-state index contributed by atoms with van der Waals surface area (Å²) in [6.45, 7) is 6.84. The molecule has 1 aliphatic heterocycles. The average molecular weight is 360 g/mol. The predicted molar refractivity (Wildman–Crippen MR) is 99.8 cm³/mol. The van der Waals surface area contributed by atoms with E-state index in [4.69, 9.17) is 9.47 Å². The van der Waals surface area contributed by atoms with Crippen LogP contribution in [0.5, 0.6) is 5.75 Å². The van der Waals surface area contributed by atoms with Gasteiger partial charge in [-0.05, 0) is 37.5 Å². The Morgan fingerprint density at radius 1 is 1.12 bits per heavy atom. The molecule has 2 amide bonds. The first-order valence-electron chi connectivity index (χ1n) is 9.31. The van der Waals surface area contributed by atoms with Crippen LogP contribution in [0.3, 0.4) is 0 Å². The first kappa shape index (κ1) is 19.8. The van der Waals surface area contributed by atoms with Gasteiger partial charge in [-0.3, -0.25) is 0 Å². The van der Waals surface area contributed by atoms with Crippen molar-refractivity contribution in [2.24, 2.45) is 0 Å². The number of hydrogen-bond donors (Lipinski definition) is 2. The molecule has 1 aromatic rings. The summed E-state index contributed by atoms with van der Waals surface area (Å²) < 4.78 is 10.9. The van der Waals surface area contributed by atoms with Gasteiger partial charge in [0.2, 0.25) is 0 Å². The Morgan fingerprint density at radius 2 is 1.85 bits per heavy atom. The molecule has 0 aromatic heterocycles. The van der Waals surface area contributed by atoms with E-state index in [1.165, 1.54) is 0 Å². The van der Waals surface area contributed by atoms with Gasteiger partial charge in [-0.25, -0.2) is 9.59 Å². The molecule has 26 heavy (non-hydrogen) atoms. The Morgan fingerprint density at radius 3 is 2.46 bits per heavy atom. The van der Waals surface area contributed by atoms with Crippen LogP contribution in [0.2, 0.25) is 0 Å². The van der Waals surface area contributed by atoms with E-state index in [2.05, 4.69) is 17.6 Å². The molecule has 0 fully saturated rings. The van der Waals surface area contributed by atoms with Crippen molar-refractivity contribution in [3.8, 4) is 5.75 Å². The fraction of sp³-hybridized carbons (Fsp3) is 0.500. The van der Waals surface area contributed by atoms with Gasteiger partial charge in [0.15, 0.2) is 0 Å². The number of rotatable bonds is 9. The highest BCUT2D eigenvalue weighted by Crippen LogP contribution is 2.30. The Bertz CT molecular complexity index is 652. The van der Waals surface area contributed by atoms with E-state index in [1.807, 2.05) is 31.2 Å². The largest absolute Gasteiger partial charge is 0.494 e. The zero-order valence-corrected chi connectivity index (χ0v) is 15.8. The summed E-state index contributed by atoms with van der Waals surface area (Å²) in [5.41, 5.74) is 1.91. The van der Waals surface area contributed by atoms with Crippen molar-refractivity contribution in [1.29, 1.82) is 0 Å². The highest BCUT2D eigenvalue weighted by molar-refractivity contribution is 5.95. The van der Waals surface area contributed by atoms with Crippen molar-refractivity contribution in [1.82, 2.24) is 10.6 Å². The van der Waals surface area contributed by atoms with E-state index >= 15 is 0 Å². The zero-order valence-electron chi connectivity index (χ0n) is 15.8. The third kappa shape index (κ3) is 5.00. The molecule has 0 saturated carbocycles. The maximum atomic E-state index is 12.5. The smallest absolute Gasteiger partial charge is 0.338 e. The minimum atomic E-state index is -0.533. The fourth-order valence-electron chi connectivity index (χ4n) is 2.86. The number of carbonyl (C=O) groups excluding carboxylic acids is 2. The third-order valence-electron chi connectivity index (χ3n) is 4.13. The molecule has 2 N–H and O–H groups in total. The number of urea groups is 1. The molecule has 0 radical (unpaired) electrons. The van der Waals surface area contributed by atoms with Gasteiger partial charge in [0.1, 0.15) is 5.75 Å². The van der Waals surface area contributed by atoms with Crippen molar-refractivity contribution in [2.45, 2.75) is 52.5 Å². The molecule has 0 bridgehead atoms. The number of nitrogens with one attached hydrogen (secondary N) is 2. The molecule has 1 heterocycles. The summed E-state index contributed by atoms with van der Waals surface area (Å²) in [5, 5.41) is 5.59. The summed E-state index contributed by atoms with van der Waals surface area (Å²) in [7, 11) is 0. The van der Waals surface area contributed by atoms with Crippen LogP contribution in [0.25, 0.3) is 0 Å². The van der Waals surface area contributed by atoms with Crippen LogP contribution >= 0.6 is 0 Å². The number of allylic oxidation sites excluding steroid dienone is 1. The van der Waals surface area contributed by atoms with Gasteiger partial charge in [-0.1, -0.05) is 38.8 Å². The van der Waals surface area contributed by atoms with Crippen molar-refractivity contribution in [3.05, 3.63) is 41.1 Å². The molecule has 1 aliphatic rings. The Kier molecular flexibility index (Phi) is 7.51. The summed E-state index contributed by atoms with van der Waals surface area (Å²) in [4.78, 5) is 24.6. The van der Waals surface area contributed by atoms with Crippen LogP contribution in [-0.2, 0) is 9.53 Å². The fourth-order valence-corrected chi connectivity index (χ4v) is 2.86. The van der Waals surface area contributed by atoms with Crippen LogP contribution < -0.4 is 15.4 Å². The lowest BCUT2D eigenvalue weighted by molar-refractivity contribution is -0.139. The second-order valence-corrected chi connectivity index (χ2v) is 6.17. The predicted octanol–water partition coefficient (Wildman–Crippen LogP) is 3.84. The summed E-state index contributed by atoms with van der Waals surface area (Å²) in [6.07, 6.45) is 3.50. The lowest BCUT2D eigenvalue weighted by atomic mass is 9.94. The van der Waals surface area contributed by atoms with E-state index < -0.39 is 12.0 Å². The van der Waals surface area contributed by atoms with Gasteiger partial charge in [0, 0.05) is 5.70 Å². The molecule has 6 nitrogen and oxygen atoms in total. The minimum absolute atomic E-state index is 0.284. The van der Waals surface area contributed by atoms with Crippen LogP contribution in [0.4, 0.5) is 4.79 Å². The standard InChI is InChI=1S/C20H28N2O4/c1-4-7-13-26-15-11-9-14(10-12-15)18-17(19(23)25-6-3)16(8-5-2)21-20(24)22-18/h9-12,18H,4-8,13H2,1-3H3,(H2,21,22,24). The first-order valence-corrected chi connectivity index (χ1v) is 9.31. The van der Waals surface area contributed by atoms with Gasteiger partial charge in [0.05, 0.1) is 24.8 Å². The van der Waals surface area contributed by atoms with Crippen molar-refractivity contribution in [2.75, 3.05) is 13.2 Å². The monoisotopic (exact) mass is 360 g/mol. The van der Waals surface area contributed by atoms with Gasteiger partial charge < -0.3 is 20.1 Å². The Hall–Kier alpha value is -2.50. The topological polar surface area (TPSA) is 76.7 Å². The van der Waals surface area contributed by atoms with Crippen LogP contribution in [-0.4, -0.2) is 25.2 Å². The normalized spacial score (nSPS) is 16.7. The molecule has 1 unspecified atom stereocenters. The van der Waals surface area contributed by atoms with Crippen LogP contribution in [0, 0.1) is 0 Å². The molecule has 0 spiro atoms. The molecular weight excluding hydrogens is 332 g/mol. The SMILES string of the molecule is CCCCOc1ccc(C2NC(=O)NC(CCC)=C2C(=O)OCC)cc1. The quantitative estimate of drug-likeness (QED) is 0.518. The van der Waals surface area contributed by atoms with E-state index in [9.17, 15) is 9.59 Å². The number of ether oxygens (including phenoxy) is 2. The van der Waals surface area contributed by atoms with Gasteiger partial charge in [0.25, 0.3) is 0 Å². The van der Waals surface area contributed by atoms with Gasteiger partial charge >= 0.3 is 12.0 Å². The minimum Gasteiger partial charge on any atom is -0.494 e. The maximum absolute atomic E-state index is 12.5. The molecule has 0 aliphatic carbocycles. The third-order valence-corrected chi connectivity index (χ3v) is 4.13. The molecular formula is C20H28N2O4. The molecule has 2 rings (SSSR count). The average Bonchev–Trinajstić information content (AvgIpc) is 2.62. The molecule has 6 heteroatoms. The van der Waals surface area contributed by atoms with E-state index in [0.29, 0.717) is 24.3 Å². The highest BCUT2D eigenvalue weighted by Gasteiger charge is 2.33. The number of unbranched alkanes of at least 4 members (excludes halogenated alkanes) is 1. The first-order chi connectivity index (χ1) is 12.6. The van der Waals surface area contributed by atoms with Crippen LogP contribution in [0.1, 0.15) is 58.1 Å². The van der Waals surface area contributed by atoms with Crippen molar-refractivity contribution >= 4 is 12.0 Å². The number of carbonyl (C=O) groups is 2. The number of esters is 1. The van der Waals surface area contributed by atoms with E-state index in [-0.39, 0.29) is 12.6 Å². The summed E-state index contributed by atoms with van der Waals surface area (Å²) in [5.74, 6) is 0.370. The lowest BCUT2D eigenvalue weighted by Gasteiger charge is -2.29. The molecule has 1 atom stereocenters. The Labute approximate surface area is 154 Å². The van der Waals surface area contributed by atoms with Gasteiger partial charge in [-0.15, -0.1) is 0 Å². The number of hydrogen-bond acceptors (Lipinski definition) is 4. The highest BCUT2D eigenvalue weighted by atomic mass is 16.5. The van der Waals surface area contributed by atoms with Crippen molar-refractivity contribution in [3.63, 3.8) is 0 Å². The summed E-state index contributed by atoms with van der Waals surface area (Å²) in [6, 6.07) is 6.63. The number of amides is 2. The second-order valence-electron chi connectivity index (χ2n) is 6.17. The molecule has 0 saturated heterocycles. The molecule has 1 aromatic carbocycles. The molecule has 142 valence electrons. The van der Waals surface area contributed by atoms with Crippen molar-refractivity contribution < 1.29 is 19.1 Å².